The Kier molecular flexibility index (Phi) is 6.73. The number of carbonyl (C=O) groups is 2. The smallest absolute Gasteiger partial charge is 0.309 e. The molecule has 5 aliphatic rings. The van der Waals surface area contributed by atoms with E-state index in [4.69, 9.17) is 9.47 Å². The van der Waals surface area contributed by atoms with Crippen LogP contribution in [0.3, 0.4) is 0 Å². The molecule has 0 unspecified atom stereocenters. The zero-order chi connectivity index (χ0) is 28.9. The molecule has 0 bridgehead atoms. The second-order valence-electron chi connectivity index (χ2n) is 15.4. The van der Waals surface area contributed by atoms with Gasteiger partial charge in [0.1, 0.15) is 18.3 Å². The second-order valence-corrected chi connectivity index (χ2v) is 15.4. The van der Waals surface area contributed by atoms with Gasteiger partial charge in [-0.1, -0.05) is 46.3 Å². The summed E-state index contributed by atoms with van der Waals surface area (Å²) in [7, 11) is 0. The van der Waals surface area contributed by atoms with E-state index in [1.54, 1.807) is 0 Å². The Balaban J connectivity index is 1.50. The van der Waals surface area contributed by atoms with Crippen LogP contribution in [0.5, 0.6) is 0 Å². The van der Waals surface area contributed by atoms with E-state index < -0.39 is 17.8 Å². The summed E-state index contributed by atoms with van der Waals surface area (Å²) in [5.41, 5.74) is -0.945. The van der Waals surface area contributed by atoms with Crippen molar-refractivity contribution in [3.05, 3.63) is 11.6 Å². The van der Waals surface area contributed by atoms with Crippen LogP contribution in [0.15, 0.2) is 11.6 Å². The van der Waals surface area contributed by atoms with Gasteiger partial charge in [0.25, 0.3) is 0 Å². The Hall–Kier alpha value is -1.44. The van der Waals surface area contributed by atoms with Crippen LogP contribution >= 0.6 is 0 Å². The van der Waals surface area contributed by atoms with E-state index in [9.17, 15) is 24.9 Å². The van der Waals surface area contributed by atoms with E-state index in [0.717, 1.165) is 38.5 Å². The minimum Gasteiger partial charge on any atom is -0.462 e. The summed E-state index contributed by atoms with van der Waals surface area (Å²) >= 11 is 0. The molecule has 0 amide bonds. The maximum Gasteiger partial charge on any atom is 0.309 e. The van der Waals surface area contributed by atoms with Gasteiger partial charge in [-0.15, -0.1) is 0 Å². The maximum atomic E-state index is 13.2. The predicted octanol–water partition coefficient (Wildman–Crippen LogP) is 4.56. The zero-order valence-electron chi connectivity index (χ0n) is 25.1. The number of fused-ring (bicyclic) bond motifs is 5. The summed E-state index contributed by atoms with van der Waals surface area (Å²) in [6.07, 6.45) is 5.28. The van der Waals surface area contributed by atoms with Crippen molar-refractivity contribution in [1.29, 1.82) is 0 Å². The number of hydrogen-bond acceptors (Lipinski definition) is 7. The van der Waals surface area contributed by atoms with Crippen LogP contribution in [0.1, 0.15) is 100 Å². The molecular formula is C32H50O7. The average Bonchev–Trinajstić information content (AvgIpc) is 3.36. The second kappa shape index (κ2) is 9.03. The number of cyclic esters (lactones) is 1. The normalized spacial score (nSPS) is 47.8. The number of hydrogen-bond donors (Lipinski definition) is 3. The van der Waals surface area contributed by atoms with Crippen molar-refractivity contribution in [2.24, 2.45) is 45.3 Å². The molecule has 0 aromatic carbocycles. The van der Waals surface area contributed by atoms with Gasteiger partial charge in [-0.2, -0.15) is 0 Å². The van der Waals surface area contributed by atoms with Gasteiger partial charge in [-0.3, -0.25) is 9.59 Å². The van der Waals surface area contributed by atoms with E-state index in [0.29, 0.717) is 12.3 Å². The van der Waals surface area contributed by atoms with Crippen LogP contribution in [0.2, 0.25) is 0 Å². The van der Waals surface area contributed by atoms with Crippen LogP contribution < -0.4 is 0 Å². The van der Waals surface area contributed by atoms with Crippen LogP contribution in [-0.4, -0.2) is 57.3 Å². The summed E-state index contributed by atoms with van der Waals surface area (Å²) in [4.78, 5) is 25.7. The van der Waals surface area contributed by atoms with Crippen LogP contribution in [0.4, 0.5) is 0 Å². The molecule has 39 heavy (non-hydrogen) atoms. The molecule has 7 nitrogen and oxygen atoms in total. The van der Waals surface area contributed by atoms with Gasteiger partial charge >= 0.3 is 11.9 Å². The highest BCUT2D eigenvalue weighted by atomic mass is 16.6. The van der Waals surface area contributed by atoms with Crippen molar-refractivity contribution in [3.8, 4) is 0 Å². The highest BCUT2D eigenvalue weighted by molar-refractivity contribution is 5.75. The molecule has 4 aliphatic carbocycles. The Morgan fingerprint density at radius 2 is 1.77 bits per heavy atom. The van der Waals surface area contributed by atoms with E-state index in [-0.39, 0.29) is 63.6 Å². The summed E-state index contributed by atoms with van der Waals surface area (Å²) in [5.74, 6) is -0.362. The molecule has 0 aromatic rings. The molecule has 4 fully saturated rings. The van der Waals surface area contributed by atoms with E-state index >= 15 is 0 Å². The lowest BCUT2D eigenvalue weighted by molar-refractivity contribution is -0.222. The lowest BCUT2D eigenvalue weighted by atomic mass is 9.37. The minimum atomic E-state index is -1.36. The first-order valence-electron chi connectivity index (χ1n) is 15.1. The van der Waals surface area contributed by atoms with Gasteiger partial charge in [-0.25, -0.2) is 0 Å². The lowest BCUT2D eigenvalue weighted by Gasteiger charge is -2.68. The molecule has 0 spiro atoms. The first-order chi connectivity index (χ1) is 17.9. The molecule has 11 atom stereocenters. The monoisotopic (exact) mass is 546 g/mol. The molecule has 0 radical (unpaired) electrons. The number of rotatable bonds is 4. The molecule has 1 saturated heterocycles. The fraction of sp³-hybridized carbons (Fsp3) is 0.875. The van der Waals surface area contributed by atoms with Crippen molar-refractivity contribution in [2.45, 2.75) is 130 Å². The van der Waals surface area contributed by atoms with Crippen molar-refractivity contribution in [3.63, 3.8) is 0 Å². The molecule has 1 heterocycles. The van der Waals surface area contributed by atoms with E-state index in [1.807, 2.05) is 0 Å². The van der Waals surface area contributed by atoms with Crippen LogP contribution in [-0.2, 0) is 19.1 Å². The lowest BCUT2D eigenvalue weighted by Crippen LogP contribution is -2.66. The molecule has 1 aliphatic heterocycles. The number of aliphatic hydroxyl groups excluding tert-OH is 2. The number of allylic oxidation sites excluding steroid dienone is 1. The fourth-order valence-corrected chi connectivity index (χ4v) is 10.5. The Morgan fingerprint density at radius 3 is 2.38 bits per heavy atom. The molecule has 220 valence electrons. The third-order valence-electron chi connectivity index (χ3n) is 12.6. The minimum absolute atomic E-state index is 0.00257. The van der Waals surface area contributed by atoms with Gasteiger partial charge in [-0.05, 0) is 86.4 Å². The van der Waals surface area contributed by atoms with E-state index in [2.05, 4.69) is 40.7 Å². The average molecular weight is 547 g/mol. The van der Waals surface area contributed by atoms with Gasteiger partial charge in [0, 0.05) is 18.8 Å². The Labute approximate surface area is 233 Å². The summed E-state index contributed by atoms with van der Waals surface area (Å²) in [6, 6.07) is 0. The van der Waals surface area contributed by atoms with Gasteiger partial charge < -0.3 is 24.8 Å². The Morgan fingerprint density at radius 1 is 1.10 bits per heavy atom. The number of carbonyl (C=O) groups excluding carboxylic acids is 2. The summed E-state index contributed by atoms with van der Waals surface area (Å²) in [5, 5.41) is 32.0. The van der Waals surface area contributed by atoms with E-state index in [1.165, 1.54) is 26.3 Å². The zero-order valence-corrected chi connectivity index (χ0v) is 25.1. The largest absolute Gasteiger partial charge is 0.462 e. The van der Waals surface area contributed by atoms with Crippen LogP contribution in [0, 0.1) is 45.3 Å². The van der Waals surface area contributed by atoms with Crippen molar-refractivity contribution in [1.82, 2.24) is 0 Å². The number of aliphatic hydroxyl groups is 3. The first kappa shape index (κ1) is 29.1. The molecule has 0 aromatic heterocycles. The third kappa shape index (κ3) is 4.07. The first-order valence-corrected chi connectivity index (χ1v) is 15.1. The highest BCUT2D eigenvalue weighted by Crippen LogP contribution is 2.73. The molecule has 7 heteroatoms. The molecular weight excluding hydrogens is 496 g/mol. The fourth-order valence-electron chi connectivity index (χ4n) is 10.5. The van der Waals surface area contributed by atoms with Crippen molar-refractivity contribution >= 4 is 11.9 Å². The summed E-state index contributed by atoms with van der Waals surface area (Å²) < 4.78 is 11.9. The molecule has 3 saturated carbocycles. The Bertz CT molecular complexity index is 1060. The van der Waals surface area contributed by atoms with Gasteiger partial charge in [0.05, 0.1) is 17.6 Å². The topological polar surface area (TPSA) is 113 Å². The van der Waals surface area contributed by atoms with Crippen LogP contribution in [0.25, 0.3) is 0 Å². The van der Waals surface area contributed by atoms with Crippen molar-refractivity contribution in [2.75, 3.05) is 0 Å². The van der Waals surface area contributed by atoms with Gasteiger partial charge in [0.15, 0.2) is 0 Å². The van der Waals surface area contributed by atoms with Gasteiger partial charge in [0.2, 0.25) is 0 Å². The standard InChI is InChI=1S/C32H50O7/c1-17(33)38-25-16-23-28(2,3)24(34)12-14-31(23,7)22-11-13-30(6)19(9-10-21(30)32(22,25)8)18-15-20(39-27(18)36)26(35)29(4,5)37/h10,18-20,22-26,34-35,37H,9,11-16H2,1-8H3/t18-,19-,20+,22+,23-,24+,25+,26-,30-,31+,32-/m0/s1. The molecule has 3 N–H and O–H groups in total. The summed E-state index contributed by atoms with van der Waals surface area (Å²) in [6.45, 7) is 15.9. The van der Waals surface area contributed by atoms with Crippen molar-refractivity contribution < 1.29 is 34.4 Å². The maximum absolute atomic E-state index is 13.2. The SMILES string of the molecule is CC(=O)O[C@@H]1C[C@H]2C(C)(C)[C@H](O)CC[C@]2(C)[C@H]2CC[C@]3(C)C(=CC[C@H]3[C@@H]3C[C@H]([C@H](O)C(C)(C)O)OC3=O)[C@@]21C. The third-order valence-corrected chi connectivity index (χ3v) is 12.6. The highest BCUT2D eigenvalue weighted by Gasteiger charge is 2.70. The quantitative estimate of drug-likeness (QED) is 0.350. The number of ether oxygens (including phenoxy) is 2. The predicted molar refractivity (Wildman–Crippen MR) is 146 cm³/mol. The number of esters is 2. The molecule has 5 rings (SSSR count).